The first-order valence-corrected chi connectivity index (χ1v) is 13.9. The fraction of sp³-hybridized carbons (Fsp3) is 0.720. The van der Waals surface area contributed by atoms with Gasteiger partial charge in [0.25, 0.3) is 0 Å². The van der Waals surface area contributed by atoms with Crippen LogP contribution in [0, 0.1) is 0 Å². The molecule has 0 saturated carbocycles. The van der Waals surface area contributed by atoms with Crippen LogP contribution in [-0.4, -0.2) is 105 Å². The molecule has 4 N–H and O–H groups in total. The lowest BCUT2D eigenvalue weighted by atomic mass is 10.00. The van der Waals surface area contributed by atoms with Gasteiger partial charge in [0.05, 0.1) is 6.10 Å². The number of ether oxygens (including phenoxy) is 5. The standard InChI is InChI=1S/C25H38N2O14S/c1-11-18(38-12(2)28)19(39-13(3)29)20(40-14(4)30)23(37-11)42-10-16(27-24(36)41-25(5,6)7)21(33)26-15(22(34)35)8-9-17(31)32/h11,15-16,18-20,23H,8-10H2,1-7H3,(H,26,33)(H,27,36)(H,31,32)(H,34,35)/t11-,15+,16-,18+,19+,20-,23-/m0/s1. The van der Waals surface area contributed by atoms with Crippen molar-refractivity contribution < 1.29 is 67.5 Å². The number of amides is 2. The minimum atomic E-state index is -1.58. The van der Waals surface area contributed by atoms with Crippen LogP contribution in [0.4, 0.5) is 4.79 Å². The largest absolute Gasteiger partial charge is 0.481 e. The zero-order chi connectivity index (χ0) is 32.4. The minimum Gasteiger partial charge on any atom is -0.481 e. The summed E-state index contributed by atoms with van der Waals surface area (Å²) in [4.78, 5) is 83.7. The lowest BCUT2D eigenvalue weighted by Crippen LogP contribution is -2.60. The Morgan fingerprint density at radius 2 is 1.36 bits per heavy atom. The first-order chi connectivity index (χ1) is 19.3. The molecule has 7 atom stereocenters. The maximum Gasteiger partial charge on any atom is 0.408 e. The van der Waals surface area contributed by atoms with E-state index in [1.165, 1.54) is 6.92 Å². The van der Waals surface area contributed by atoms with Gasteiger partial charge in [0.2, 0.25) is 5.91 Å². The van der Waals surface area contributed by atoms with Gasteiger partial charge in [-0.3, -0.25) is 24.0 Å². The van der Waals surface area contributed by atoms with Gasteiger partial charge in [-0.15, -0.1) is 11.8 Å². The highest BCUT2D eigenvalue weighted by atomic mass is 32.2. The third kappa shape index (κ3) is 12.9. The Labute approximate surface area is 246 Å². The summed E-state index contributed by atoms with van der Waals surface area (Å²) in [5.41, 5.74) is -2.08. The molecule has 0 aromatic heterocycles. The van der Waals surface area contributed by atoms with Gasteiger partial charge in [-0.2, -0.15) is 0 Å². The Kier molecular flexibility index (Phi) is 14.0. The van der Waals surface area contributed by atoms with Crippen molar-refractivity contribution in [3.8, 4) is 0 Å². The molecular weight excluding hydrogens is 584 g/mol. The molecule has 2 amide bonds. The van der Waals surface area contributed by atoms with E-state index in [2.05, 4.69) is 10.6 Å². The van der Waals surface area contributed by atoms with Gasteiger partial charge in [0, 0.05) is 32.9 Å². The second-order valence-electron chi connectivity index (χ2n) is 10.3. The van der Waals surface area contributed by atoms with Crippen LogP contribution in [0.3, 0.4) is 0 Å². The number of carboxylic acid groups (broad SMARTS) is 2. The number of esters is 3. The van der Waals surface area contributed by atoms with Crippen molar-refractivity contribution in [3.63, 3.8) is 0 Å². The highest BCUT2D eigenvalue weighted by Gasteiger charge is 2.50. The van der Waals surface area contributed by atoms with E-state index >= 15 is 0 Å². The summed E-state index contributed by atoms with van der Waals surface area (Å²) in [6.07, 6.45) is -6.66. The predicted molar refractivity (Wildman–Crippen MR) is 143 cm³/mol. The van der Waals surface area contributed by atoms with Crippen molar-refractivity contribution in [1.82, 2.24) is 10.6 Å². The number of carboxylic acids is 2. The van der Waals surface area contributed by atoms with E-state index < -0.39 is 102 Å². The molecule has 1 heterocycles. The van der Waals surface area contributed by atoms with Crippen LogP contribution in [0.2, 0.25) is 0 Å². The number of carbonyl (C=O) groups excluding carboxylic acids is 5. The summed E-state index contributed by atoms with van der Waals surface area (Å²) in [5, 5.41) is 22.9. The highest BCUT2D eigenvalue weighted by Crippen LogP contribution is 2.34. The van der Waals surface area contributed by atoms with Crippen LogP contribution in [0.25, 0.3) is 0 Å². The van der Waals surface area contributed by atoms with E-state index in [0.29, 0.717) is 0 Å². The number of rotatable bonds is 13. The van der Waals surface area contributed by atoms with Crippen LogP contribution in [0.5, 0.6) is 0 Å². The SMILES string of the molecule is CC(=O)O[C@@H]1[C@H](OC(C)=O)[C@H](C)O[C@@H](SC[C@H](NC(=O)OC(C)(C)C)C(=O)N[C@H](CCC(=O)O)C(=O)O)[C@H]1OC(C)=O. The molecule has 0 bridgehead atoms. The number of aliphatic carboxylic acids is 2. The lowest BCUT2D eigenvalue weighted by Gasteiger charge is -2.43. The molecule has 42 heavy (non-hydrogen) atoms. The summed E-state index contributed by atoms with van der Waals surface area (Å²) < 4.78 is 27.1. The second-order valence-corrected chi connectivity index (χ2v) is 11.4. The fourth-order valence-corrected chi connectivity index (χ4v) is 5.00. The fourth-order valence-electron chi connectivity index (χ4n) is 3.73. The maximum atomic E-state index is 13.1. The van der Waals surface area contributed by atoms with Crippen molar-refractivity contribution >= 4 is 53.6 Å². The van der Waals surface area contributed by atoms with E-state index in [-0.39, 0.29) is 5.75 Å². The number of carbonyl (C=O) groups is 7. The lowest BCUT2D eigenvalue weighted by molar-refractivity contribution is -0.229. The van der Waals surface area contributed by atoms with Crippen LogP contribution >= 0.6 is 11.8 Å². The van der Waals surface area contributed by atoms with Crippen molar-refractivity contribution in [2.24, 2.45) is 0 Å². The number of hydrogen-bond acceptors (Lipinski definition) is 13. The third-order valence-electron chi connectivity index (χ3n) is 5.33. The molecule has 1 aliphatic heterocycles. The summed E-state index contributed by atoms with van der Waals surface area (Å²) in [7, 11) is 0. The average Bonchev–Trinajstić information content (AvgIpc) is 2.81. The van der Waals surface area contributed by atoms with Gasteiger partial charge in [-0.05, 0) is 34.1 Å². The van der Waals surface area contributed by atoms with E-state index in [0.717, 1.165) is 32.5 Å². The van der Waals surface area contributed by atoms with Crippen molar-refractivity contribution in [2.45, 2.75) is 109 Å². The zero-order valence-electron chi connectivity index (χ0n) is 24.4. The van der Waals surface area contributed by atoms with Gasteiger partial charge >= 0.3 is 35.9 Å². The maximum absolute atomic E-state index is 13.1. The van der Waals surface area contributed by atoms with Gasteiger partial charge in [0.15, 0.2) is 18.3 Å². The monoisotopic (exact) mass is 622 g/mol. The van der Waals surface area contributed by atoms with Gasteiger partial charge in [0.1, 0.15) is 23.1 Å². The molecule has 0 aliphatic carbocycles. The van der Waals surface area contributed by atoms with Crippen LogP contribution in [0.1, 0.15) is 61.3 Å². The molecule has 0 unspecified atom stereocenters. The highest BCUT2D eigenvalue weighted by molar-refractivity contribution is 7.99. The molecule has 0 radical (unpaired) electrons. The number of hydrogen-bond donors (Lipinski definition) is 4. The van der Waals surface area contributed by atoms with Crippen LogP contribution < -0.4 is 10.6 Å². The van der Waals surface area contributed by atoms with Crippen molar-refractivity contribution in [2.75, 3.05) is 5.75 Å². The van der Waals surface area contributed by atoms with Gasteiger partial charge in [-0.1, -0.05) is 0 Å². The molecular formula is C25H38N2O14S. The number of thioether (sulfide) groups is 1. The molecule has 238 valence electrons. The first-order valence-electron chi connectivity index (χ1n) is 12.8. The Morgan fingerprint density at radius 3 is 1.83 bits per heavy atom. The van der Waals surface area contributed by atoms with E-state index in [1.807, 2.05) is 0 Å². The molecule has 0 aromatic carbocycles. The molecule has 1 rings (SSSR count). The third-order valence-corrected chi connectivity index (χ3v) is 6.56. The predicted octanol–water partition coefficient (Wildman–Crippen LogP) is 0.587. The minimum absolute atomic E-state index is 0.309. The van der Waals surface area contributed by atoms with E-state index in [1.54, 1.807) is 20.8 Å². The summed E-state index contributed by atoms with van der Waals surface area (Å²) in [6, 6.07) is -3.04. The molecule has 0 spiro atoms. The van der Waals surface area contributed by atoms with E-state index in [9.17, 15) is 38.7 Å². The quantitative estimate of drug-likeness (QED) is 0.163. The topological polar surface area (TPSA) is 230 Å². The smallest absolute Gasteiger partial charge is 0.408 e. The van der Waals surface area contributed by atoms with Gasteiger partial charge < -0.3 is 44.5 Å². The van der Waals surface area contributed by atoms with Crippen LogP contribution in [-0.2, 0) is 52.5 Å². The zero-order valence-corrected chi connectivity index (χ0v) is 25.2. The van der Waals surface area contributed by atoms with Crippen molar-refractivity contribution in [3.05, 3.63) is 0 Å². The van der Waals surface area contributed by atoms with Gasteiger partial charge in [-0.25, -0.2) is 9.59 Å². The first kappa shape index (κ1) is 36.4. The van der Waals surface area contributed by atoms with E-state index in [4.69, 9.17) is 28.8 Å². The summed E-state index contributed by atoms with van der Waals surface area (Å²) >= 11 is 0.849. The Morgan fingerprint density at radius 1 is 0.833 bits per heavy atom. The molecule has 17 heteroatoms. The van der Waals surface area contributed by atoms with Crippen molar-refractivity contribution in [1.29, 1.82) is 0 Å². The molecule has 1 aliphatic rings. The second kappa shape index (κ2) is 16.1. The summed E-state index contributed by atoms with van der Waals surface area (Å²) in [6.45, 7) is 9.59. The Balaban J connectivity index is 3.30. The molecule has 16 nitrogen and oxygen atoms in total. The normalized spacial score (nSPS) is 23.4. The molecule has 0 aromatic rings. The summed E-state index contributed by atoms with van der Waals surface area (Å²) in [5.74, 6) is -6.32. The molecule has 1 fully saturated rings. The average molecular weight is 623 g/mol. The van der Waals surface area contributed by atoms with Crippen LogP contribution in [0.15, 0.2) is 0 Å². The number of nitrogens with one attached hydrogen (secondary N) is 2. The number of alkyl carbamates (subject to hydrolysis) is 1. The Hall–Kier alpha value is -3.60. The Bertz CT molecular complexity index is 1030. The molecule has 1 saturated heterocycles.